The van der Waals surface area contributed by atoms with Crippen LogP contribution in [0.2, 0.25) is 0 Å². The van der Waals surface area contributed by atoms with Crippen molar-refractivity contribution in [2.45, 2.75) is 24.5 Å². The van der Waals surface area contributed by atoms with Gasteiger partial charge in [-0.3, -0.25) is 9.36 Å². The van der Waals surface area contributed by atoms with E-state index >= 15 is 0 Å². The molecule has 0 aliphatic carbocycles. The van der Waals surface area contributed by atoms with Crippen LogP contribution in [0.5, 0.6) is 0 Å². The summed E-state index contributed by atoms with van der Waals surface area (Å²) in [5.74, 6) is 0. The van der Waals surface area contributed by atoms with Gasteiger partial charge in [0.2, 0.25) is 0 Å². The number of hydrogen-bond donors (Lipinski definition) is 3. The lowest BCUT2D eigenvalue weighted by molar-refractivity contribution is -0.0581. The van der Waals surface area contributed by atoms with Crippen molar-refractivity contribution in [3.63, 3.8) is 0 Å². The van der Waals surface area contributed by atoms with Crippen LogP contribution in [0.4, 0.5) is 0 Å². The Morgan fingerprint density at radius 1 is 1.55 bits per heavy atom. The number of aromatic amines is 1. The number of aromatic nitrogens is 4. The van der Waals surface area contributed by atoms with Gasteiger partial charge < -0.3 is 24.7 Å². The van der Waals surface area contributed by atoms with Crippen LogP contribution >= 0.6 is 0 Å². The predicted octanol–water partition coefficient (Wildman–Crippen LogP) is -1.61. The Bertz CT molecular complexity index is 668. The molecule has 0 saturated carbocycles. The summed E-state index contributed by atoms with van der Waals surface area (Å²) in [7, 11) is 1.42. The number of aliphatic hydroxyl groups excluding tert-OH is 2. The predicted molar refractivity (Wildman–Crippen MR) is 65.9 cm³/mol. The molecule has 2 aromatic rings. The fourth-order valence-electron chi connectivity index (χ4n) is 2.43. The molecular formula is C11H14N4O5. The van der Waals surface area contributed by atoms with Crippen LogP contribution in [-0.2, 0) is 9.47 Å². The number of aliphatic hydroxyl groups is 2. The van der Waals surface area contributed by atoms with Gasteiger partial charge in [-0.1, -0.05) is 0 Å². The van der Waals surface area contributed by atoms with Crippen LogP contribution in [0, 0.1) is 0 Å². The van der Waals surface area contributed by atoms with Gasteiger partial charge in [-0.2, -0.15) is 0 Å². The van der Waals surface area contributed by atoms with Gasteiger partial charge in [0, 0.05) is 7.11 Å². The number of H-pyrrole nitrogens is 1. The first-order valence-electron chi connectivity index (χ1n) is 6.04. The van der Waals surface area contributed by atoms with Crippen LogP contribution in [0.25, 0.3) is 11.2 Å². The molecule has 108 valence electrons. The molecule has 3 rings (SSSR count). The third-order valence-electron chi connectivity index (χ3n) is 3.41. The molecule has 1 aliphatic heterocycles. The van der Waals surface area contributed by atoms with Crippen LogP contribution in [0.15, 0.2) is 17.4 Å². The summed E-state index contributed by atoms with van der Waals surface area (Å²) in [6.07, 6.45) is -0.597. The minimum absolute atomic E-state index is 0.227. The Balaban J connectivity index is 2.09. The van der Waals surface area contributed by atoms with Gasteiger partial charge in [0.05, 0.1) is 12.9 Å². The van der Waals surface area contributed by atoms with Crippen molar-refractivity contribution in [2.75, 3.05) is 13.7 Å². The molecule has 4 atom stereocenters. The van der Waals surface area contributed by atoms with Gasteiger partial charge in [-0.25, -0.2) is 9.97 Å². The van der Waals surface area contributed by atoms with E-state index in [0.717, 1.165) is 0 Å². The minimum atomic E-state index is -0.997. The summed E-state index contributed by atoms with van der Waals surface area (Å²) in [5.41, 5.74) is 0.132. The van der Waals surface area contributed by atoms with Crippen molar-refractivity contribution in [2.24, 2.45) is 0 Å². The Morgan fingerprint density at radius 3 is 3.05 bits per heavy atom. The summed E-state index contributed by atoms with van der Waals surface area (Å²) in [5, 5.41) is 19.2. The largest absolute Gasteiger partial charge is 0.394 e. The fraction of sp³-hybridized carbons (Fsp3) is 0.545. The average Bonchev–Trinajstić information content (AvgIpc) is 3.00. The van der Waals surface area contributed by atoms with Gasteiger partial charge in [-0.05, 0) is 0 Å². The number of fused-ring (bicyclic) bond motifs is 1. The van der Waals surface area contributed by atoms with Crippen LogP contribution < -0.4 is 5.56 Å². The second-order valence-electron chi connectivity index (χ2n) is 4.49. The Labute approximate surface area is 112 Å². The molecular weight excluding hydrogens is 268 g/mol. The third kappa shape index (κ3) is 1.83. The maximum atomic E-state index is 11.9. The van der Waals surface area contributed by atoms with Gasteiger partial charge in [0.1, 0.15) is 24.6 Å². The molecule has 0 amide bonds. The molecule has 1 aliphatic rings. The average molecular weight is 282 g/mol. The van der Waals surface area contributed by atoms with E-state index in [1.807, 2.05) is 0 Å². The van der Waals surface area contributed by atoms with Gasteiger partial charge in [-0.15, -0.1) is 0 Å². The van der Waals surface area contributed by atoms with Crippen LogP contribution in [-0.4, -0.2) is 61.8 Å². The normalized spacial score (nSPS) is 30.1. The Hall–Kier alpha value is -1.81. The van der Waals surface area contributed by atoms with Crippen molar-refractivity contribution >= 4 is 11.2 Å². The van der Waals surface area contributed by atoms with E-state index in [2.05, 4.69) is 15.0 Å². The van der Waals surface area contributed by atoms with Crippen molar-refractivity contribution < 1.29 is 19.7 Å². The monoisotopic (exact) mass is 282 g/mol. The Kier molecular flexibility index (Phi) is 3.26. The molecule has 9 heteroatoms. The zero-order valence-electron chi connectivity index (χ0n) is 10.6. The first-order chi connectivity index (χ1) is 9.67. The number of ether oxygens (including phenoxy) is 2. The Morgan fingerprint density at radius 2 is 2.35 bits per heavy atom. The van der Waals surface area contributed by atoms with Crippen LogP contribution in [0.3, 0.4) is 0 Å². The minimum Gasteiger partial charge on any atom is -0.394 e. The molecule has 0 radical (unpaired) electrons. The van der Waals surface area contributed by atoms with Crippen LogP contribution in [0.1, 0.15) is 6.23 Å². The highest BCUT2D eigenvalue weighted by atomic mass is 16.6. The molecule has 20 heavy (non-hydrogen) atoms. The molecule has 0 bridgehead atoms. The number of imidazole rings is 1. The summed E-state index contributed by atoms with van der Waals surface area (Å²) in [6, 6.07) is 0. The standard InChI is InChI=1S/C11H14N4O5/c1-19-8-7(17)5(2-16)20-11(8)15-4-14-9-6(15)10(18)13-3-12-9/h3-5,7-8,11,16-17H,2H2,1H3,(H,12,13,18)/t5-,7-,8-,11-/m1/s1. The molecule has 0 unspecified atom stereocenters. The zero-order chi connectivity index (χ0) is 14.3. The van der Waals surface area contributed by atoms with Crippen molar-refractivity contribution in [1.29, 1.82) is 0 Å². The highest BCUT2D eigenvalue weighted by Crippen LogP contribution is 2.32. The summed E-state index contributed by atoms with van der Waals surface area (Å²) in [6.45, 7) is -0.348. The molecule has 0 aromatic carbocycles. The number of methoxy groups -OCH3 is 1. The van der Waals surface area contributed by atoms with Crippen molar-refractivity contribution in [3.05, 3.63) is 23.0 Å². The smallest absolute Gasteiger partial charge is 0.277 e. The van der Waals surface area contributed by atoms with Gasteiger partial charge in [0.25, 0.3) is 5.56 Å². The molecule has 2 aromatic heterocycles. The van der Waals surface area contributed by atoms with E-state index < -0.39 is 24.5 Å². The third-order valence-corrected chi connectivity index (χ3v) is 3.41. The van der Waals surface area contributed by atoms with E-state index in [1.165, 1.54) is 24.3 Å². The molecule has 9 nitrogen and oxygen atoms in total. The van der Waals surface area contributed by atoms with E-state index in [0.29, 0.717) is 0 Å². The van der Waals surface area contributed by atoms with Crippen molar-refractivity contribution in [3.8, 4) is 0 Å². The molecule has 1 fully saturated rings. The zero-order valence-corrected chi connectivity index (χ0v) is 10.6. The fourth-order valence-corrected chi connectivity index (χ4v) is 2.43. The topological polar surface area (TPSA) is 122 Å². The first kappa shape index (κ1) is 13.2. The number of hydrogen-bond acceptors (Lipinski definition) is 7. The molecule has 3 N–H and O–H groups in total. The second-order valence-corrected chi connectivity index (χ2v) is 4.49. The number of nitrogens with zero attached hydrogens (tertiary/aromatic N) is 3. The summed E-state index contributed by atoms with van der Waals surface area (Å²) >= 11 is 0. The second kappa shape index (κ2) is 4.94. The molecule has 0 spiro atoms. The highest BCUT2D eigenvalue weighted by Gasteiger charge is 2.45. The maximum Gasteiger partial charge on any atom is 0.277 e. The maximum absolute atomic E-state index is 11.9. The van der Waals surface area contributed by atoms with E-state index in [1.54, 1.807) is 0 Å². The summed E-state index contributed by atoms with van der Waals surface area (Å²) < 4.78 is 12.2. The highest BCUT2D eigenvalue weighted by molar-refractivity contribution is 5.69. The molecule has 3 heterocycles. The van der Waals surface area contributed by atoms with Crippen molar-refractivity contribution in [1.82, 2.24) is 19.5 Å². The number of nitrogens with one attached hydrogen (secondary N) is 1. The SMILES string of the molecule is CO[C@@H]1[C@H](O)[C@@H](CO)O[C@H]1n1cnc2nc[nH]c(=O)c21. The summed E-state index contributed by atoms with van der Waals surface area (Å²) in [4.78, 5) is 22.3. The quantitative estimate of drug-likeness (QED) is 0.618. The van der Waals surface area contributed by atoms with Gasteiger partial charge in [0.15, 0.2) is 17.4 Å². The lowest BCUT2D eigenvalue weighted by atomic mass is 10.1. The van der Waals surface area contributed by atoms with Gasteiger partial charge >= 0.3 is 0 Å². The van der Waals surface area contributed by atoms with E-state index in [9.17, 15) is 15.0 Å². The van der Waals surface area contributed by atoms with E-state index in [4.69, 9.17) is 9.47 Å². The number of rotatable bonds is 3. The first-order valence-corrected chi connectivity index (χ1v) is 6.04. The lowest BCUT2D eigenvalue weighted by Gasteiger charge is -2.19. The van der Waals surface area contributed by atoms with E-state index in [-0.39, 0.29) is 23.3 Å². The lowest BCUT2D eigenvalue weighted by Crippen LogP contribution is -2.34. The molecule has 1 saturated heterocycles.